The monoisotopic (exact) mass is 504 g/mol. The number of carbonyl (C=O) groups is 4. The molecular formula is C28H32N4O5. The molecule has 1 aliphatic carbocycles. The molecule has 194 valence electrons. The molecule has 1 heterocycles. The maximum Gasteiger partial charge on any atom is 0.308 e. The number of primary amides is 1. The normalized spacial score (nSPS) is 17.6. The first-order chi connectivity index (χ1) is 17.6. The number of nitrogens with one attached hydrogen (secondary N) is 3. The minimum atomic E-state index is -1.27. The van der Waals surface area contributed by atoms with Gasteiger partial charge in [0, 0.05) is 29.9 Å². The molecule has 1 aromatic heterocycles. The quantitative estimate of drug-likeness (QED) is 0.275. The van der Waals surface area contributed by atoms with E-state index in [9.17, 15) is 19.2 Å². The summed E-state index contributed by atoms with van der Waals surface area (Å²) in [6.07, 6.45) is 1.14. The summed E-state index contributed by atoms with van der Waals surface area (Å²) in [6.45, 7) is 4.91. The van der Waals surface area contributed by atoms with Crippen LogP contribution in [-0.2, 0) is 38.4 Å². The van der Waals surface area contributed by atoms with Crippen molar-refractivity contribution in [2.24, 2.45) is 11.7 Å². The Morgan fingerprint density at radius 3 is 2.57 bits per heavy atom. The van der Waals surface area contributed by atoms with Gasteiger partial charge in [0.15, 0.2) is 0 Å². The van der Waals surface area contributed by atoms with Crippen LogP contribution in [0, 0.1) is 5.92 Å². The lowest BCUT2D eigenvalue weighted by Gasteiger charge is -2.38. The number of ether oxygens (including phenoxy) is 1. The van der Waals surface area contributed by atoms with E-state index < -0.39 is 29.4 Å². The smallest absolute Gasteiger partial charge is 0.308 e. The van der Waals surface area contributed by atoms with Gasteiger partial charge in [-0.15, -0.1) is 0 Å². The number of benzene rings is 2. The molecule has 9 heteroatoms. The fourth-order valence-corrected chi connectivity index (χ4v) is 4.98. The van der Waals surface area contributed by atoms with Gasteiger partial charge in [0.2, 0.25) is 17.7 Å². The van der Waals surface area contributed by atoms with E-state index in [1.165, 1.54) is 6.92 Å². The van der Waals surface area contributed by atoms with Crippen LogP contribution in [0.4, 0.5) is 0 Å². The van der Waals surface area contributed by atoms with Crippen molar-refractivity contribution in [2.75, 3.05) is 0 Å². The molecule has 3 aromatic rings. The summed E-state index contributed by atoms with van der Waals surface area (Å²) >= 11 is 0. The predicted molar refractivity (Wildman–Crippen MR) is 139 cm³/mol. The molecule has 0 aliphatic heterocycles. The number of nitrogens with two attached hydrogens (primary N) is 1. The fraction of sp³-hybridized carbons (Fsp3) is 0.357. The third-order valence-corrected chi connectivity index (χ3v) is 6.78. The highest BCUT2D eigenvalue weighted by Gasteiger charge is 2.45. The first-order valence-electron chi connectivity index (χ1n) is 12.3. The molecule has 3 amide bonds. The van der Waals surface area contributed by atoms with E-state index >= 15 is 0 Å². The molecule has 2 atom stereocenters. The van der Waals surface area contributed by atoms with Crippen molar-refractivity contribution < 1.29 is 23.9 Å². The van der Waals surface area contributed by atoms with Crippen molar-refractivity contribution in [1.29, 1.82) is 0 Å². The van der Waals surface area contributed by atoms with Crippen LogP contribution in [0.25, 0.3) is 10.9 Å². The first kappa shape index (κ1) is 25.9. The molecule has 0 spiro atoms. The highest BCUT2D eigenvalue weighted by atomic mass is 16.5. The number of aryl methyl sites for hydroxylation is 1. The number of fused-ring (bicyclic) bond motifs is 3. The average molecular weight is 505 g/mol. The summed E-state index contributed by atoms with van der Waals surface area (Å²) in [7, 11) is 0. The third kappa shape index (κ3) is 5.66. The van der Waals surface area contributed by atoms with Crippen LogP contribution in [0.1, 0.15) is 44.0 Å². The topological polar surface area (TPSA) is 143 Å². The molecule has 1 aliphatic rings. The number of esters is 1. The lowest BCUT2D eigenvalue weighted by molar-refractivity contribution is -0.136. The Kier molecular flexibility index (Phi) is 7.33. The summed E-state index contributed by atoms with van der Waals surface area (Å²) in [5.74, 6) is -1.77. The van der Waals surface area contributed by atoms with Gasteiger partial charge < -0.3 is 26.1 Å². The second-order valence-corrected chi connectivity index (χ2v) is 9.95. The van der Waals surface area contributed by atoms with Gasteiger partial charge >= 0.3 is 5.97 Å². The van der Waals surface area contributed by atoms with Crippen LogP contribution >= 0.6 is 0 Å². The number of hydrogen-bond acceptors (Lipinski definition) is 5. The Labute approximate surface area is 215 Å². The Morgan fingerprint density at radius 2 is 1.86 bits per heavy atom. The minimum absolute atomic E-state index is 0.0195. The van der Waals surface area contributed by atoms with Crippen LogP contribution in [0.3, 0.4) is 0 Å². The molecule has 37 heavy (non-hydrogen) atoms. The molecule has 0 saturated heterocycles. The van der Waals surface area contributed by atoms with Crippen molar-refractivity contribution in [2.45, 2.75) is 58.0 Å². The van der Waals surface area contributed by atoms with Crippen molar-refractivity contribution in [1.82, 2.24) is 15.6 Å². The van der Waals surface area contributed by atoms with Crippen LogP contribution in [-0.4, -0.2) is 40.3 Å². The summed E-state index contributed by atoms with van der Waals surface area (Å²) in [5.41, 5.74) is 7.89. The summed E-state index contributed by atoms with van der Waals surface area (Å²) in [6, 6.07) is 13.7. The largest absolute Gasteiger partial charge is 0.427 e. The molecule has 0 unspecified atom stereocenters. The van der Waals surface area contributed by atoms with Gasteiger partial charge in [-0.25, -0.2) is 0 Å². The maximum absolute atomic E-state index is 13.8. The molecule has 0 radical (unpaired) electrons. The number of H-pyrrole nitrogens is 1. The second-order valence-electron chi connectivity index (χ2n) is 9.95. The zero-order valence-electron chi connectivity index (χ0n) is 21.2. The van der Waals surface area contributed by atoms with Gasteiger partial charge in [0.05, 0.1) is 6.42 Å². The molecule has 4 rings (SSSR count). The lowest BCUT2D eigenvalue weighted by Crippen LogP contribution is -2.64. The first-order valence-corrected chi connectivity index (χ1v) is 12.3. The van der Waals surface area contributed by atoms with Gasteiger partial charge in [-0.3, -0.25) is 19.2 Å². The molecule has 9 nitrogen and oxygen atoms in total. The van der Waals surface area contributed by atoms with Crippen molar-refractivity contribution in [3.8, 4) is 5.75 Å². The van der Waals surface area contributed by atoms with E-state index in [4.69, 9.17) is 10.5 Å². The average Bonchev–Trinajstić information content (AvgIpc) is 3.19. The molecule has 0 fully saturated rings. The third-order valence-electron chi connectivity index (χ3n) is 6.78. The second kappa shape index (κ2) is 10.5. The molecular weight excluding hydrogens is 472 g/mol. The molecule has 2 aromatic carbocycles. The zero-order valence-corrected chi connectivity index (χ0v) is 21.2. The van der Waals surface area contributed by atoms with Crippen LogP contribution in [0.5, 0.6) is 5.75 Å². The maximum atomic E-state index is 13.8. The lowest BCUT2D eigenvalue weighted by atomic mass is 9.78. The highest BCUT2D eigenvalue weighted by Crippen LogP contribution is 2.34. The molecule has 0 saturated carbocycles. The molecule has 5 N–H and O–H groups in total. The fourth-order valence-electron chi connectivity index (χ4n) is 4.98. The molecule has 0 bridgehead atoms. The Bertz CT molecular complexity index is 1360. The van der Waals surface area contributed by atoms with Gasteiger partial charge in [-0.05, 0) is 48.1 Å². The van der Waals surface area contributed by atoms with Gasteiger partial charge in [-0.2, -0.15) is 0 Å². The standard InChI is InChI=1S/C28H32N4O5/c1-16(2)25(26(29)35)31-27(36)28(12-11-23-21(15-28)20-9-4-5-10-22(20)30-23)32-24(34)14-18-7-6-8-19(13-18)37-17(3)33/h4-10,13,16,25,30H,11-12,14-15H2,1-3H3,(H2,29,35)(H,31,36)(H,32,34)/t25-,28+/m0/s1. The number of hydrogen-bond donors (Lipinski definition) is 4. The number of para-hydroxylation sites is 1. The van der Waals surface area contributed by atoms with Crippen LogP contribution < -0.4 is 21.1 Å². The zero-order chi connectivity index (χ0) is 26.7. The number of aromatic nitrogens is 1. The summed E-state index contributed by atoms with van der Waals surface area (Å²) in [5, 5.41) is 6.79. The van der Waals surface area contributed by atoms with E-state index in [-0.39, 0.29) is 24.7 Å². The van der Waals surface area contributed by atoms with E-state index in [2.05, 4.69) is 15.6 Å². The Hall–Kier alpha value is -4.14. The van der Waals surface area contributed by atoms with Crippen LogP contribution in [0.2, 0.25) is 0 Å². The number of aromatic amines is 1. The van der Waals surface area contributed by atoms with E-state index in [1.54, 1.807) is 38.1 Å². The minimum Gasteiger partial charge on any atom is -0.427 e. The van der Waals surface area contributed by atoms with Gasteiger partial charge in [0.25, 0.3) is 0 Å². The van der Waals surface area contributed by atoms with Gasteiger partial charge in [0.1, 0.15) is 17.3 Å². The van der Waals surface area contributed by atoms with Crippen molar-refractivity contribution in [3.63, 3.8) is 0 Å². The van der Waals surface area contributed by atoms with Crippen LogP contribution in [0.15, 0.2) is 48.5 Å². The number of rotatable bonds is 8. The Balaban J connectivity index is 1.64. The van der Waals surface area contributed by atoms with Crippen molar-refractivity contribution >= 4 is 34.6 Å². The highest BCUT2D eigenvalue weighted by molar-refractivity contribution is 5.97. The van der Waals surface area contributed by atoms with E-state index in [0.29, 0.717) is 24.2 Å². The summed E-state index contributed by atoms with van der Waals surface area (Å²) in [4.78, 5) is 53.8. The van der Waals surface area contributed by atoms with Crippen molar-refractivity contribution in [3.05, 3.63) is 65.4 Å². The summed E-state index contributed by atoms with van der Waals surface area (Å²) < 4.78 is 5.12. The van der Waals surface area contributed by atoms with E-state index in [0.717, 1.165) is 22.2 Å². The van der Waals surface area contributed by atoms with Gasteiger partial charge in [-0.1, -0.05) is 44.2 Å². The number of carbonyl (C=O) groups excluding carboxylic acids is 4. The SMILES string of the molecule is CC(=O)Oc1cccc(CC(=O)N[C@]2(C(=O)N[C@H](C(N)=O)C(C)C)CCc3[nH]c4ccccc4c3C2)c1. The Morgan fingerprint density at radius 1 is 1.11 bits per heavy atom. The number of amides is 3. The van der Waals surface area contributed by atoms with E-state index in [1.807, 2.05) is 24.3 Å². The predicted octanol–water partition coefficient (Wildman–Crippen LogP) is 2.31.